The maximum Gasteiger partial charge on any atom is 0.138 e. The van der Waals surface area contributed by atoms with E-state index in [0.29, 0.717) is 13.0 Å². The average molecular weight is 155 g/mol. The fourth-order valence-corrected chi connectivity index (χ4v) is 1.31. The molecule has 0 radical (unpaired) electrons. The number of aliphatic imine (C=N–C) groups is 1. The van der Waals surface area contributed by atoms with Gasteiger partial charge in [0.2, 0.25) is 0 Å². The molecule has 11 heavy (non-hydrogen) atoms. The first-order chi connectivity index (χ1) is 5.34. The molecule has 0 aromatic carbocycles. The van der Waals surface area contributed by atoms with Crippen molar-refractivity contribution in [1.29, 1.82) is 0 Å². The molecule has 1 saturated carbocycles. The Kier molecular flexibility index (Phi) is 3.27. The summed E-state index contributed by atoms with van der Waals surface area (Å²) in [5.41, 5.74) is 0.746. The first-order valence-electron chi connectivity index (χ1n) is 4.13. The van der Waals surface area contributed by atoms with Gasteiger partial charge in [-0.15, -0.1) is 6.58 Å². The van der Waals surface area contributed by atoms with Gasteiger partial charge in [0, 0.05) is 5.71 Å². The van der Waals surface area contributed by atoms with Gasteiger partial charge < -0.3 is 0 Å². The molecule has 1 atom stereocenters. The van der Waals surface area contributed by atoms with Crippen LogP contribution in [0, 0.1) is 0 Å². The summed E-state index contributed by atoms with van der Waals surface area (Å²) >= 11 is 0. The number of alkyl halides is 1. The van der Waals surface area contributed by atoms with E-state index in [0.717, 1.165) is 25.0 Å². The van der Waals surface area contributed by atoms with Crippen LogP contribution >= 0.6 is 0 Å². The fourth-order valence-electron chi connectivity index (χ4n) is 1.31. The predicted molar refractivity (Wildman–Crippen MR) is 45.9 cm³/mol. The van der Waals surface area contributed by atoms with E-state index in [4.69, 9.17) is 0 Å². The van der Waals surface area contributed by atoms with E-state index in [1.807, 2.05) is 0 Å². The zero-order chi connectivity index (χ0) is 8.10. The molecule has 0 saturated heterocycles. The number of hydrogen-bond acceptors (Lipinski definition) is 1. The van der Waals surface area contributed by atoms with Gasteiger partial charge in [-0.25, -0.2) is 4.39 Å². The minimum absolute atomic E-state index is 0.565. The first-order valence-corrected chi connectivity index (χ1v) is 4.13. The summed E-state index contributed by atoms with van der Waals surface area (Å²) in [5, 5.41) is 0. The quantitative estimate of drug-likeness (QED) is 0.543. The van der Waals surface area contributed by atoms with Crippen LogP contribution in [0.4, 0.5) is 4.39 Å². The summed E-state index contributed by atoms with van der Waals surface area (Å²) < 4.78 is 13.0. The van der Waals surface area contributed by atoms with Crippen LogP contribution in [0.5, 0.6) is 0 Å². The van der Waals surface area contributed by atoms with Crippen LogP contribution < -0.4 is 0 Å². The maximum absolute atomic E-state index is 13.0. The van der Waals surface area contributed by atoms with Crippen molar-refractivity contribution in [3.05, 3.63) is 12.7 Å². The minimum Gasteiger partial charge on any atom is -0.287 e. The van der Waals surface area contributed by atoms with Gasteiger partial charge in [-0.05, 0) is 25.7 Å². The highest BCUT2D eigenvalue weighted by Gasteiger charge is 2.18. The predicted octanol–water partition coefficient (Wildman–Crippen LogP) is 2.53. The second-order valence-electron chi connectivity index (χ2n) is 2.83. The Hall–Kier alpha value is -0.660. The third kappa shape index (κ3) is 2.45. The van der Waals surface area contributed by atoms with Crippen molar-refractivity contribution in [3.8, 4) is 0 Å². The Labute approximate surface area is 67.0 Å². The highest BCUT2D eigenvalue weighted by atomic mass is 19.1. The second-order valence-corrected chi connectivity index (χ2v) is 2.83. The Morgan fingerprint density at radius 2 is 2.45 bits per heavy atom. The van der Waals surface area contributed by atoms with E-state index >= 15 is 0 Å². The lowest BCUT2D eigenvalue weighted by atomic mass is 9.97. The largest absolute Gasteiger partial charge is 0.287 e. The van der Waals surface area contributed by atoms with E-state index in [1.165, 1.54) is 0 Å². The molecule has 0 bridgehead atoms. The third-order valence-electron chi connectivity index (χ3n) is 1.93. The molecule has 0 N–H and O–H groups in total. The van der Waals surface area contributed by atoms with Gasteiger partial charge in [0.25, 0.3) is 0 Å². The SMILES string of the molecule is C=CCN=C1CCCCC1F. The van der Waals surface area contributed by atoms with Gasteiger partial charge in [0.05, 0.1) is 6.54 Å². The molecular weight excluding hydrogens is 141 g/mol. The van der Waals surface area contributed by atoms with Crippen molar-refractivity contribution in [2.75, 3.05) is 6.54 Å². The highest BCUT2D eigenvalue weighted by Crippen LogP contribution is 2.18. The molecule has 0 heterocycles. The van der Waals surface area contributed by atoms with Crippen molar-refractivity contribution in [1.82, 2.24) is 0 Å². The van der Waals surface area contributed by atoms with Gasteiger partial charge in [0.1, 0.15) is 6.17 Å². The molecule has 1 nitrogen and oxygen atoms in total. The molecule has 0 aliphatic heterocycles. The lowest BCUT2D eigenvalue weighted by Crippen LogP contribution is -2.20. The summed E-state index contributed by atoms with van der Waals surface area (Å²) in [5.74, 6) is 0. The number of rotatable bonds is 2. The zero-order valence-electron chi connectivity index (χ0n) is 6.72. The molecule has 1 aliphatic carbocycles. The summed E-state index contributed by atoms with van der Waals surface area (Å²) in [6, 6.07) is 0. The van der Waals surface area contributed by atoms with Gasteiger partial charge in [-0.3, -0.25) is 4.99 Å². The molecule has 0 amide bonds. The Bertz CT molecular complexity index is 163. The molecule has 0 aromatic rings. The molecule has 1 aliphatic rings. The van der Waals surface area contributed by atoms with E-state index in [9.17, 15) is 4.39 Å². The molecule has 1 fully saturated rings. The maximum atomic E-state index is 13.0. The Balaban J connectivity index is 2.46. The van der Waals surface area contributed by atoms with Gasteiger partial charge in [0.15, 0.2) is 0 Å². The van der Waals surface area contributed by atoms with E-state index in [2.05, 4.69) is 11.6 Å². The van der Waals surface area contributed by atoms with Crippen LogP contribution in [0.15, 0.2) is 17.6 Å². The summed E-state index contributed by atoms with van der Waals surface area (Å²) in [6.45, 7) is 4.11. The lowest BCUT2D eigenvalue weighted by molar-refractivity contribution is 0.367. The minimum atomic E-state index is -0.774. The monoisotopic (exact) mass is 155 g/mol. The topological polar surface area (TPSA) is 12.4 Å². The van der Waals surface area contributed by atoms with E-state index in [1.54, 1.807) is 6.08 Å². The highest BCUT2D eigenvalue weighted by molar-refractivity contribution is 5.89. The number of nitrogens with zero attached hydrogens (tertiary/aromatic N) is 1. The third-order valence-corrected chi connectivity index (χ3v) is 1.93. The van der Waals surface area contributed by atoms with Crippen LogP contribution in [-0.2, 0) is 0 Å². The number of halogens is 1. The average Bonchev–Trinajstić information content (AvgIpc) is 2.03. The molecule has 0 aromatic heterocycles. The van der Waals surface area contributed by atoms with Crippen molar-refractivity contribution in [3.63, 3.8) is 0 Å². The summed E-state index contributed by atoms with van der Waals surface area (Å²) in [7, 11) is 0. The Morgan fingerprint density at radius 1 is 1.64 bits per heavy atom. The van der Waals surface area contributed by atoms with Crippen molar-refractivity contribution in [2.45, 2.75) is 31.9 Å². The molecule has 2 heteroatoms. The van der Waals surface area contributed by atoms with Crippen LogP contribution in [-0.4, -0.2) is 18.4 Å². The summed E-state index contributed by atoms with van der Waals surface area (Å²) in [6.07, 6.45) is 4.54. The second kappa shape index (κ2) is 4.27. The van der Waals surface area contributed by atoms with Gasteiger partial charge >= 0.3 is 0 Å². The molecule has 1 unspecified atom stereocenters. The van der Waals surface area contributed by atoms with Crippen LogP contribution in [0.3, 0.4) is 0 Å². The molecule has 62 valence electrons. The van der Waals surface area contributed by atoms with Crippen molar-refractivity contribution < 1.29 is 4.39 Å². The van der Waals surface area contributed by atoms with Crippen molar-refractivity contribution in [2.24, 2.45) is 4.99 Å². The fraction of sp³-hybridized carbons (Fsp3) is 0.667. The molecular formula is C9H14FN. The zero-order valence-corrected chi connectivity index (χ0v) is 6.72. The first kappa shape index (κ1) is 8.44. The van der Waals surface area contributed by atoms with Crippen LogP contribution in [0.1, 0.15) is 25.7 Å². The van der Waals surface area contributed by atoms with E-state index in [-0.39, 0.29) is 0 Å². The lowest BCUT2D eigenvalue weighted by Gasteiger charge is -2.16. The van der Waals surface area contributed by atoms with Crippen LogP contribution in [0.25, 0.3) is 0 Å². The summed E-state index contributed by atoms with van der Waals surface area (Å²) in [4.78, 5) is 4.11. The molecule has 1 rings (SSSR count). The van der Waals surface area contributed by atoms with E-state index < -0.39 is 6.17 Å². The molecule has 0 spiro atoms. The van der Waals surface area contributed by atoms with Gasteiger partial charge in [-0.1, -0.05) is 6.08 Å². The normalized spacial score (nSPS) is 28.8. The standard InChI is InChI=1S/C9H14FN/c1-2-7-11-9-6-4-3-5-8(9)10/h2,8H,1,3-7H2. The van der Waals surface area contributed by atoms with Crippen LogP contribution in [0.2, 0.25) is 0 Å². The van der Waals surface area contributed by atoms with Crippen molar-refractivity contribution >= 4 is 5.71 Å². The van der Waals surface area contributed by atoms with Gasteiger partial charge in [-0.2, -0.15) is 0 Å². The Morgan fingerprint density at radius 3 is 3.09 bits per heavy atom. The smallest absolute Gasteiger partial charge is 0.138 e. The number of hydrogen-bond donors (Lipinski definition) is 0.